The van der Waals surface area contributed by atoms with Gasteiger partial charge in [-0.25, -0.2) is 0 Å². The fourth-order valence-electron chi connectivity index (χ4n) is 2.91. The number of amides is 1. The van der Waals surface area contributed by atoms with Gasteiger partial charge in [-0.1, -0.05) is 37.8 Å². The van der Waals surface area contributed by atoms with Crippen LogP contribution in [0.3, 0.4) is 0 Å². The van der Waals surface area contributed by atoms with Crippen molar-refractivity contribution in [2.75, 3.05) is 12.4 Å². The summed E-state index contributed by atoms with van der Waals surface area (Å²) in [5.41, 5.74) is 0.564. The van der Waals surface area contributed by atoms with Crippen LogP contribution < -0.4 is 10.1 Å². The SMILES string of the molecule is COc1ccccc1NC(=O)[C@H](C)OC(=O)CCC1CCCC1. The predicted molar refractivity (Wildman–Crippen MR) is 88.4 cm³/mol. The number of para-hydroxylation sites is 2. The Morgan fingerprint density at radius 2 is 1.96 bits per heavy atom. The summed E-state index contributed by atoms with van der Waals surface area (Å²) in [5, 5.41) is 2.72. The summed E-state index contributed by atoms with van der Waals surface area (Å²) in [4.78, 5) is 24.0. The molecule has 2 rings (SSSR count). The van der Waals surface area contributed by atoms with Crippen molar-refractivity contribution in [1.82, 2.24) is 0 Å². The van der Waals surface area contributed by atoms with Crippen LogP contribution in [0.2, 0.25) is 0 Å². The van der Waals surface area contributed by atoms with E-state index in [4.69, 9.17) is 9.47 Å². The van der Waals surface area contributed by atoms with E-state index in [9.17, 15) is 9.59 Å². The number of methoxy groups -OCH3 is 1. The van der Waals surface area contributed by atoms with Crippen molar-refractivity contribution in [2.24, 2.45) is 5.92 Å². The second-order valence-electron chi connectivity index (χ2n) is 6.01. The quantitative estimate of drug-likeness (QED) is 0.781. The normalized spacial score (nSPS) is 15.9. The molecule has 5 heteroatoms. The number of nitrogens with one attached hydrogen (secondary N) is 1. The van der Waals surface area contributed by atoms with E-state index in [1.807, 2.05) is 6.07 Å². The van der Waals surface area contributed by atoms with Crippen LogP contribution in [-0.4, -0.2) is 25.1 Å². The third-order valence-corrected chi connectivity index (χ3v) is 4.27. The van der Waals surface area contributed by atoms with E-state index in [-0.39, 0.29) is 11.9 Å². The summed E-state index contributed by atoms with van der Waals surface area (Å²) >= 11 is 0. The first-order valence-corrected chi connectivity index (χ1v) is 8.23. The molecule has 23 heavy (non-hydrogen) atoms. The standard InChI is InChI=1S/C18H25NO4/c1-13(23-17(20)12-11-14-7-3-4-8-14)18(21)19-15-9-5-6-10-16(15)22-2/h5-6,9-10,13-14H,3-4,7-8,11-12H2,1-2H3,(H,19,21)/t13-/m0/s1. The molecular formula is C18H25NO4. The second kappa shape index (κ2) is 8.56. The monoisotopic (exact) mass is 319 g/mol. The molecule has 0 saturated heterocycles. The Labute approximate surface area is 137 Å². The Balaban J connectivity index is 1.78. The van der Waals surface area contributed by atoms with Gasteiger partial charge in [-0.3, -0.25) is 9.59 Å². The molecule has 1 N–H and O–H groups in total. The number of rotatable bonds is 7. The van der Waals surface area contributed by atoms with Gasteiger partial charge in [0.1, 0.15) is 5.75 Å². The molecule has 5 nitrogen and oxygen atoms in total. The highest BCUT2D eigenvalue weighted by Gasteiger charge is 2.21. The molecule has 0 bridgehead atoms. The molecule has 0 spiro atoms. The topological polar surface area (TPSA) is 64.6 Å². The first-order chi connectivity index (χ1) is 11.1. The van der Waals surface area contributed by atoms with Gasteiger partial charge in [-0.15, -0.1) is 0 Å². The molecule has 0 heterocycles. The first kappa shape index (κ1) is 17.3. The molecule has 1 atom stereocenters. The van der Waals surface area contributed by atoms with Gasteiger partial charge < -0.3 is 14.8 Å². The molecule has 0 aliphatic heterocycles. The van der Waals surface area contributed by atoms with Gasteiger partial charge >= 0.3 is 5.97 Å². The van der Waals surface area contributed by atoms with Crippen LogP contribution in [0, 0.1) is 5.92 Å². The Kier molecular flexibility index (Phi) is 6.44. The highest BCUT2D eigenvalue weighted by atomic mass is 16.5. The lowest BCUT2D eigenvalue weighted by atomic mass is 10.0. The maximum Gasteiger partial charge on any atom is 0.306 e. The van der Waals surface area contributed by atoms with Crippen LogP contribution in [0.4, 0.5) is 5.69 Å². The van der Waals surface area contributed by atoms with E-state index in [1.54, 1.807) is 25.1 Å². The van der Waals surface area contributed by atoms with Crippen molar-refractivity contribution < 1.29 is 19.1 Å². The lowest BCUT2D eigenvalue weighted by Gasteiger charge is -2.15. The number of carbonyl (C=O) groups excluding carboxylic acids is 2. The fourth-order valence-corrected chi connectivity index (χ4v) is 2.91. The minimum atomic E-state index is -0.823. The average Bonchev–Trinajstić information content (AvgIpc) is 3.06. The van der Waals surface area contributed by atoms with E-state index in [0.717, 1.165) is 6.42 Å². The van der Waals surface area contributed by atoms with Crippen molar-refractivity contribution >= 4 is 17.6 Å². The minimum Gasteiger partial charge on any atom is -0.495 e. The smallest absolute Gasteiger partial charge is 0.306 e. The third kappa shape index (κ3) is 5.27. The van der Waals surface area contributed by atoms with Crippen molar-refractivity contribution in [3.05, 3.63) is 24.3 Å². The zero-order valence-electron chi connectivity index (χ0n) is 13.8. The lowest BCUT2D eigenvalue weighted by molar-refractivity contribution is -0.153. The number of esters is 1. The van der Waals surface area contributed by atoms with Crippen molar-refractivity contribution in [2.45, 2.75) is 51.6 Å². The second-order valence-corrected chi connectivity index (χ2v) is 6.01. The van der Waals surface area contributed by atoms with E-state index < -0.39 is 6.10 Å². The molecular weight excluding hydrogens is 294 g/mol. The molecule has 0 radical (unpaired) electrons. The van der Waals surface area contributed by atoms with Gasteiger partial charge in [-0.2, -0.15) is 0 Å². The number of carbonyl (C=O) groups is 2. The summed E-state index contributed by atoms with van der Waals surface area (Å²) in [7, 11) is 1.54. The number of ether oxygens (including phenoxy) is 2. The largest absolute Gasteiger partial charge is 0.495 e. The summed E-state index contributed by atoms with van der Waals surface area (Å²) < 4.78 is 10.4. The van der Waals surface area contributed by atoms with Gasteiger partial charge in [0, 0.05) is 6.42 Å². The molecule has 1 saturated carbocycles. The highest BCUT2D eigenvalue weighted by Crippen LogP contribution is 2.28. The number of benzene rings is 1. The Morgan fingerprint density at radius 3 is 2.65 bits per heavy atom. The number of anilines is 1. The van der Waals surface area contributed by atoms with E-state index >= 15 is 0 Å². The zero-order chi connectivity index (χ0) is 16.7. The summed E-state index contributed by atoms with van der Waals surface area (Å²) in [6, 6.07) is 7.12. The van der Waals surface area contributed by atoms with Crippen LogP contribution in [-0.2, 0) is 14.3 Å². The molecule has 0 unspecified atom stereocenters. The maximum absolute atomic E-state index is 12.1. The molecule has 1 aromatic rings. The van der Waals surface area contributed by atoms with E-state index in [1.165, 1.54) is 32.8 Å². The average molecular weight is 319 g/mol. The molecule has 1 aromatic carbocycles. The van der Waals surface area contributed by atoms with Crippen LogP contribution in [0.1, 0.15) is 45.4 Å². The van der Waals surface area contributed by atoms with E-state index in [0.29, 0.717) is 23.8 Å². The van der Waals surface area contributed by atoms with Crippen LogP contribution in [0.25, 0.3) is 0 Å². The highest BCUT2D eigenvalue weighted by molar-refractivity contribution is 5.96. The maximum atomic E-state index is 12.1. The lowest BCUT2D eigenvalue weighted by Crippen LogP contribution is -2.30. The summed E-state index contributed by atoms with van der Waals surface area (Å²) in [6.45, 7) is 1.58. The molecule has 1 amide bonds. The molecule has 1 aliphatic rings. The zero-order valence-corrected chi connectivity index (χ0v) is 13.8. The molecule has 0 aromatic heterocycles. The predicted octanol–water partition coefficient (Wildman–Crippen LogP) is 3.54. The minimum absolute atomic E-state index is 0.306. The summed E-state index contributed by atoms with van der Waals surface area (Å²) in [5.74, 6) is 0.546. The fraction of sp³-hybridized carbons (Fsp3) is 0.556. The number of hydrogen-bond acceptors (Lipinski definition) is 4. The third-order valence-electron chi connectivity index (χ3n) is 4.27. The van der Waals surface area contributed by atoms with Crippen LogP contribution in [0.15, 0.2) is 24.3 Å². The van der Waals surface area contributed by atoms with Crippen molar-refractivity contribution in [3.8, 4) is 5.75 Å². The van der Waals surface area contributed by atoms with Gasteiger partial charge in [0.25, 0.3) is 5.91 Å². The Morgan fingerprint density at radius 1 is 1.26 bits per heavy atom. The van der Waals surface area contributed by atoms with Gasteiger partial charge in [0.2, 0.25) is 0 Å². The summed E-state index contributed by atoms with van der Waals surface area (Å²) in [6.07, 6.45) is 5.36. The number of hydrogen-bond donors (Lipinski definition) is 1. The molecule has 1 fully saturated rings. The van der Waals surface area contributed by atoms with Gasteiger partial charge in [0.05, 0.1) is 12.8 Å². The Bertz CT molecular complexity index is 538. The first-order valence-electron chi connectivity index (χ1n) is 8.23. The molecule has 126 valence electrons. The molecule has 1 aliphatic carbocycles. The van der Waals surface area contributed by atoms with Crippen molar-refractivity contribution in [3.63, 3.8) is 0 Å². The van der Waals surface area contributed by atoms with Crippen molar-refractivity contribution in [1.29, 1.82) is 0 Å². The van der Waals surface area contributed by atoms with Crippen LogP contribution in [0.5, 0.6) is 5.75 Å². The van der Waals surface area contributed by atoms with Gasteiger partial charge in [0.15, 0.2) is 6.10 Å². The Hall–Kier alpha value is -2.04. The van der Waals surface area contributed by atoms with Gasteiger partial charge in [-0.05, 0) is 31.4 Å². The van der Waals surface area contributed by atoms with E-state index in [2.05, 4.69) is 5.32 Å². The van der Waals surface area contributed by atoms with Crippen LogP contribution >= 0.6 is 0 Å².